The van der Waals surface area contributed by atoms with E-state index in [1.165, 1.54) is 11.1 Å². The van der Waals surface area contributed by atoms with Crippen molar-refractivity contribution < 1.29 is 4.79 Å². The third-order valence-electron chi connectivity index (χ3n) is 4.78. The minimum absolute atomic E-state index is 0. The van der Waals surface area contributed by atoms with Crippen LogP contribution in [-0.4, -0.2) is 25.7 Å². The molecule has 0 atom stereocenters. The Balaban J connectivity index is 0.00000120. The summed E-state index contributed by atoms with van der Waals surface area (Å²) in [5, 5.41) is 10.5. The molecule has 0 fully saturated rings. The number of fused-ring (bicyclic) bond motifs is 3. The monoisotopic (exact) mass is 427 g/mol. The number of nitrogens with zero attached hydrogens (tertiary/aromatic N) is 3. The second-order valence-electron chi connectivity index (χ2n) is 6.61. The number of aromatic nitrogens is 4. The number of anilines is 1. The number of nitrogens with one attached hydrogen (secondary N) is 2. The van der Waals surface area contributed by atoms with Gasteiger partial charge in [0.2, 0.25) is 5.91 Å². The van der Waals surface area contributed by atoms with E-state index >= 15 is 0 Å². The number of hydrogen-bond acceptors (Lipinski definition) is 3. The highest BCUT2D eigenvalue weighted by atomic mass is 35.5. The molecule has 0 aliphatic heterocycles. The first kappa shape index (κ1) is 20.6. The molecular formula is C21H19Cl2N5O. The SMILES string of the molecule is Cl.Cl.O=C(Cn1cnc(-c2[nH]nc3c2Cc2ccccc2-3)c1)Nc1ccccc1. The number of benzene rings is 2. The molecule has 6 nitrogen and oxygen atoms in total. The molecule has 0 bridgehead atoms. The van der Waals surface area contributed by atoms with E-state index < -0.39 is 0 Å². The van der Waals surface area contributed by atoms with Gasteiger partial charge in [-0.05, 0) is 17.7 Å². The predicted molar refractivity (Wildman–Crippen MR) is 118 cm³/mol. The molecule has 5 rings (SSSR count). The summed E-state index contributed by atoms with van der Waals surface area (Å²) in [5.41, 5.74) is 7.12. The van der Waals surface area contributed by atoms with Crippen LogP contribution in [0, 0.1) is 0 Å². The van der Waals surface area contributed by atoms with Gasteiger partial charge < -0.3 is 9.88 Å². The highest BCUT2D eigenvalue weighted by molar-refractivity contribution is 5.90. The summed E-state index contributed by atoms with van der Waals surface area (Å²) in [6.45, 7) is 0.207. The summed E-state index contributed by atoms with van der Waals surface area (Å²) in [6, 6.07) is 17.7. The molecule has 0 spiro atoms. The highest BCUT2D eigenvalue weighted by Crippen LogP contribution is 2.39. The fourth-order valence-electron chi connectivity index (χ4n) is 3.53. The number of hydrogen-bond donors (Lipinski definition) is 2. The zero-order valence-electron chi connectivity index (χ0n) is 15.3. The Hall–Kier alpha value is -3.09. The van der Waals surface area contributed by atoms with E-state index in [0.29, 0.717) is 0 Å². The molecule has 4 aromatic rings. The van der Waals surface area contributed by atoms with Gasteiger partial charge in [0.25, 0.3) is 0 Å². The van der Waals surface area contributed by atoms with Crippen LogP contribution >= 0.6 is 24.8 Å². The lowest BCUT2D eigenvalue weighted by Crippen LogP contribution is -2.17. The van der Waals surface area contributed by atoms with Crippen molar-refractivity contribution in [1.82, 2.24) is 19.7 Å². The van der Waals surface area contributed by atoms with E-state index in [4.69, 9.17) is 0 Å². The van der Waals surface area contributed by atoms with E-state index in [1.807, 2.05) is 48.7 Å². The van der Waals surface area contributed by atoms with E-state index in [9.17, 15) is 4.79 Å². The lowest BCUT2D eigenvalue weighted by atomic mass is 10.1. The number of rotatable bonds is 4. The number of imidazole rings is 1. The normalized spacial score (nSPS) is 11.0. The number of para-hydroxylation sites is 1. The molecule has 2 aromatic carbocycles. The largest absolute Gasteiger partial charge is 0.327 e. The Kier molecular flexibility index (Phi) is 6.06. The maximum Gasteiger partial charge on any atom is 0.244 e. The fourth-order valence-corrected chi connectivity index (χ4v) is 3.53. The first-order valence-corrected chi connectivity index (χ1v) is 8.80. The fraction of sp³-hybridized carbons (Fsp3) is 0.0952. The van der Waals surface area contributed by atoms with Gasteiger partial charge in [0.15, 0.2) is 0 Å². The van der Waals surface area contributed by atoms with Crippen LogP contribution in [0.1, 0.15) is 11.1 Å². The predicted octanol–water partition coefficient (Wildman–Crippen LogP) is 4.33. The average molecular weight is 428 g/mol. The molecule has 2 N–H and O–H groups in total. The maximum absolute atomic E-state index is 12.2. The molecule has 0 unspecified atom stereocenters. The molecule has 1 aliphatic carbocycles. The number of halogens is 2. The van der Waals surface area contributed by atoms with E-state index in [1.54, 1.807) is 10.9 Å². The van der Waals surface area contributed by atoms with Crippen molar-refractivity contribution in [3.8, 4) is 22.6 Å². The van der Waals surface area contributed by atoms with Crippen molar-refractivity contribution in [1.29, 1.82) is 0 Å². The van der Waals surface area contributed by atoms with Gasteiger partial charge >= 0.3 is 0 Å². The molecule has 0 radical (unpaired) electrons. The lowest BCUT2D eigenvalue weighted by Gasteiger charge is -2.05. The first-order chi connectivity index (χ1) is 13.3. The number of carbonyl (C=O) groups is 1. The Morgan fingerprint density at radius 1 is 1.07 bits per heavy atom. The van der Waals surface area contributed by atoms with Crippen molar-refractivity contribution in [2.75, 3.05) is 5.32 Å². The maximum atomic E-state index is 12.2. The van der Waals surface area contributed by atoms with Crippen molar-refractivity contribution >= 4 is 36.4 Å². The van der Waals surface area contributed by atoms with Gasteiger partial charge in [-0.15, -0.1) is 24.8 Å². The van der Waals surface area contributed by atoms with Gasteiger partial charge in [-0.3, -0.25) is 9.89 Å². The number of H-pyrrole nitrogens is 1. The molecule has 148 valence electrons. The topological polar surface area (TPSA) is 75.6 Å². The number of amides is 1. The Morgan fingerprint density at radius 2 is 1.83 bits per heavy atom. The Bertz CT molecular complexity index is 1140. The minimum atomic E-state index is -0.0904. The molecule has 1 aliphatic rings. The van der Waals surface area contributed by atoms with Crippen molar-refractivity contribution in [3.05, 3.63) is 78.2 Å². The quantitative estimate of drug-likeness (QED) is 0.448. The van der Waals surface area contributed by atoms with Crippen LogP contribution in [0.4, 0.5) is 5.69 Å². The van der Waals surface area contributed by atoms with Crippen molar-refractivity contribution in [3.63, 3.8) is 0 Å². The summed E-state index contributed by atoms with van der Waals surface area (Å²) in [7, 11) is 0. The Morgan fingerprint density at radius 3 is 2.66 bits per heavy atom. The number of carbonyl (C=O) groups excluding carboxylic acids is 1. The van der Waals surface area contributed by atoms with Crippen LogP contribution in [0.2, 0.25) is 0 Å². The summed E-state index contributed by atoms with van der Waals surface area (Å²) < 4.78 is 1.78. The third-order valence-corrected chi connectivity index (χ3v) is 4.78. The molecule has 0 saturated heterocycles. The van der Waals surface area contributed by atoms with Crippen LogP contribution < -0.4 is 5.32 Å². The van der Waals surface area contributed by atoms with E-state index in [-0.39, 0.29) is 37.3 Å². The first-order valence-electron chi connectivity index (χ1n) is 8.80. The number of aromatic amines is 1. The molecule has 0 saturated carbocycles. The standard InChI is InChI=1S/C21H17N5O.2ClH/c27-19(23-15-7-2-1-3-8-15)12-26-11-18(22-13-26)21-17-10-14-6-4-5-9-16(14)20(17)24-25-21;;/h1-9,11,13H,10,12H2,(H,23,27)(H,24,25);2*1H. The Labute approximate surface area is 180 Å². The van der Waals surface area contributed by atoms with Gasteiger partial charge in [0, 0.05) is 29.4 Å². The molecule has 29 heavy (non-hydrogen) atoms. The molecule has 8 heteroatoms. The van der Waals surface area contributed by atoms with Crippen molar-refractivity contribution in [2.45, 2.75) is 13.0 Å². The average Bonchev–Trinajstić information content (AvgIpc) is 3.37. The van der Waals surface area contributed by atoms with Gasteiger partial charge in [-0.1, -0.05) is 42.5 Å². The summed E-state index contributed by atoms with van der Waals surface area (Å²) in [5.74, 6) is -0.0904. The van der Waals surface area contributed by atoms with Gasteiger partial charge in [-0.2, -0.15) is 5.10 Å². The van der Waals surface area contributed by atoms with Crippen molar-refractivity contribution in [2.24, 2.45) is 0 Å². The second kappa shape index (κ2) is 8.51. The van der Waals surface area contributed by atoms with E-state index in [0.717, 1.165) is 34.8 Å². The highest BCUT2D eigenvalue weighted by Gasteiger charge is 2.25. The zero-order chi connectivity index (χ0) is 18.2. The summed E-state index contributed by atoms with van der Waals surface area (Å²) in [4.78, 5) is 16.7. The molecule has 2 aromatic heterocycles. The summed E-state index contributed by atoms with van der Waals surface area (Å²) >= 11 is 0. The van der Waals surface area contributed by atoms with Crippen LogP contribution in [0.3, 0.4) is 0 Å². The van der Waals surface area contributed by atoms with Crippen LogP contribution in [-0.2, 0) is 17.8 Å². The third kappa shape index (κ3) is 3.90. The lowest BCUT2D eigenvalue weighted by molar-refractivity contribution is -0.116. The van der Waals surface area contributed by atoms with Crippen LogP contribution in [0.15, 0.2) is 67.1 Å². The molecular weight excluding hydrogens is 409 g/mol. The van der Waals surface area contributed by atoms with Crippen LogP contribution in [0.5, 0.6) is 0 Å². The summed E-state index contributed by atoms with van der Waals surface area (Å²) in [6.07, 6.45) is 4.40. The van der Waals surface area contributed by atoms with Gasteiger partial charge in [0.1, 0.15) is 12.2 Å². The smallest absolute Gasteiger partial charge is 0.244 e. The second-order valence-corrected chi connectivity index (χ2v) is 6.61. The van der Waals surface area contributed by atoms with E-state index in [2.05, 4.69) is 32.6 Å². The van der Waals surface area contributed by atoms with Crippen LogP contribution in [0.25, 0.3) is 22.6 Å². The van der Waals surface area contributed by atoms with Gasteiger partial charge in [0.05, 0.1) is 17.7 Å². The molecule has 1 amide bonds. The minimum Gasteiger partial charge on any atom is -0.327 e. The zero-order valence-corrected chi connectivity index (χ0v) is 17.0. The molecule has 2 heterocycles. The van der Waals surface area contributed by atoms with Gasteiger partial charge in [-0.25, -0.2) is 4.98 Å².